The summed E-state index contributed by atoms with van der Waals surface area (Å²) in [5, 5.41) is 327. The van der Waals surface area contributed by atoms with E-state index in [0.717, 1.165) is 48.5 Å². The van der Waals surface area contributed by atoms with Crippen LogP contribution in [0.5, 0.6) is 0 Å². The van der Waals surface area contributed by atoms with E-state index in [1.165, 1.54) is 6.92 Å². The van der Waals surface area contributed by atoms with E-state index in [4.69, 9.17) is 99.5 Å². The molecule has 1 unspecified atom stereocenters. The van der Waals surface area contributed by atoms with E-state index < -0.39 is 445 Å². The molecular weight excluding hydrogens is 1940 g/mol. The number of hydrogen-bond acceptors (Lipinski definition) is 55. The maximum absolute atomic E-state index is 13.8. The molecule has 34 N–H and O–H groups in total. The van der Waals surface area contributed by atoms with E-state index >= 15 is 0 Å². The molecule has 818 valence electrons. The first kappa shape index (κ1) is 117. The van der Waals surface area contributed by atoms with Crippen LogP contribution in [0.2, 0.25) is 0 Å². The predicted octanol–water partition coefficient (Wildman–Crippen LogP) is -22.9. The summed E-state index contributed by atoms with van der Waals surface area (Å²) >= 11 is 0. The zero-order valence-corrected chi connectivity index (χ0v) is 77.3. The Hall–Kier alpha value is -5.63. The number of carbonyl (C=O) groups is 7. The van der Waals surface area contributed by atoms with Gasteiger partial charge in [0.1, 0.15) is 262 Å². The van der Waals surface area contributed by atoms with Gasteiger partial charge in [-0.1, -0.05) is 0 Å². The Balaban J connectivity index is 1.08. The summed E-state index contributed by atoms with van der Waals surface area (Å²) in [6, 6.07) is -13.8. The Labute approximate surface area is 805 Å². The van der Waals surface area contributed by atoms with Gasteiger partial charge in [0.05, 0.1) is 72.2 Å². The van der Waals surface area contributed by atoms with Crippen LogP contribution in [0.25, 0.3) is 0 Å². The van der Waals surface area contributed by atoms with Crippen molar-refractivity contribution in [3.63, 3.8) is 0 Å². The summed E-state index contributed by atoms with van der Waals surface area (Å²) < 4.78 is 130. The van der Waals surface area contributed by atoms with Crippen molar-refractivity contribution < 1.29 is 271 Å². The highest BCUT2D eigenvalue weighted by Crippen LogP contribution is 2.43. The molecule has 142 heavy (non-hydrogen) atoms. The number of rotatable bonds is 37. The summed E-state index contributed by atoms with van der Waals surface area (Å²) in [6.07, 6.45) is -106. The molecule has 11 heterocycles. The Morgan fingerprint density at radius 3 is 0.838 bits per heavy atom. The molecule has 7 amide bonds. The summed E-state index contributed by atoms with van der Waals surface area (Å²) in [5.74, 6) is -6.81. The van der Waals surface area contributed by atoms with Gasteiger partial charge in [-0.3, -0.25) is 33.6 Å². The van der Waals surface area contributed by atoms with Crippen LogP contribution >= 0.6 is 0 Å². The molecule has 0 spiro atoms. The van der Waals surface area contributed by atoms with Crippen molar-refractivity contribution in [1.29, 1.82) is 0 Å². The summed E-state index contributed by atoms with van der Waals surface area (Å²) in [7, 11) is 0. The normalized spacial score (nSPS) is 47.5. The molecule has 11 rings (SSSR count). The van der Waals surface area contributed by atoms with Gasteiger partial charge in [-0.25, -0.2) is 0 Å². The van der Waals surface area contributed by atoms with Gasteiger partial charge in [0.2, 0.25) is 41.4 Å². The minimum absolute atomic E-state index is 0.866. The van der Waals surface area contributed by atoms with Gasteiger partial charge < -0.3 is 275 Å². The molecule has 62 nitrogen and oxygen atoms in total. The maximum atomic E-state index is 13.8. The second kappa shape index (κ2) is 51.3. The molecule has 0 saturated carbocycles. The fourth-order valence-electron chi connectivity index (χ4n) is 18.4. The molecule has 11 saturated heterocycles. The standard InChI is InChI=1S/C80H133N7O55/c1-19-44(102)58(116)60(118)77(125-19)123-17-35-65(56(114)37(70(121)126-35)81-20(2)95)137-76-43(87-26(8)101)57(115)63(32(14-93)132-76)138-78-62(120)67(140-80-69(142-75-42(86-25(7)100)55(113)49(107)31(13-92)131-75)61(119)64(33(15-94)133-80)136-72-39(83-22(4)97)52(110)46(104)28(10-89)128-72)66(139-73-40(84-23(5)98)53(111)47(105)29(11-90)129-73)36(135-78)18-124-79-68(141-74-41(85-24(6)99)54(112)48(106)30(12-91)130-74)59(117)50(108)34(134-79)16-122-71-38(82-21(3)96)51(109)45(103)27(9-88)127-71/h19,27-80,88-94,102-121H,9-18H2,1-8H3,(H,81,95)(H,82,96)(H,83,97)(H,84,98)(H,85,99)(H,86,100)(H,87,101)/t19-,27+,28+,29+,30+,31+,32+,33+,34+,35+,36+,37+,38+,39+,40+,41+,42+,43+,44+,45+,46+,47+,48+,49+,50+,51+,52+,53+,54+,55+,56+,57+,58+,59-,60-,61-,62-,63+,64+,65+,66+,67+,68-,69-,70?,71+,72-,73-,74-,75-,76-,77+,78-,79-,80+/m0/s1. The molecule has 11 aliphatic heterocycles. The lowest BCUT2D eigenvalue weighted by molar-refractivity contribution is -0.412. The largest absolute Gasteiger partial charge is 0.394 e. The second-order valence-corrected chi connectivity index (χ2v) is 36.0. The second-order valence-electron chi connectivity index (χ2n) is 36.0. The fourth-order valence-corrected chi connectivity index (χ4v) is 18.4. The van der Waals surface area contributed by atoms with Crippen molar-refractivity contribution in [1.82, 2.24) is 37.2 Å². The van der Waals surface area contributed by atoms with Gasteiger partial charge in [-0.15, -0.1) is 0 Å². The third-order valence-corrected chi connectivity index (χ3v) is 25.7. The molecule has 62 heteroatoms. The summed E-state index contributed by atoms with van der Waals surface area (Å²) in [4.78, 5) is 91.4. The molecule has 11 fully saturated rings. The Kier molecular flexibility index (Phi) is 42.1. The van der Waals surface area contributed by atoms with Crippen LogP contribution in [0.4, 0.5) is 0 Å². The molecule has 0 aliphatic carbocycles. The minimum atomic E-state index is -2.90. The van der Waals surface area contributed by atoms with Crippen molar-refractivity contribution >= 4 is 41.4 Å². The number of aliphatic hydroxyl groups excluding tert-OH is 27. The van der Waals surface area contributed by atoms with Crippen molar-refractivity contribution in [3.05, 3.63) is 0 Å². The summed E-state index contributed by atoms with van der Waals surface area (Å²) in [5.41, 5.74) is 0. The number of amides is 7. The Bertz CT molecular complexity index is 4030. The molecule has 0 aromatic rings. The lowest BCUT2D eigenvalue weighted by Crippen LogP contribution is -2.72. The van der Waals surface area contributed by atoms with E-state index in [1.807, 2.05) is 0 Å². The number of carbonyl (C=O) groups excluding carboxylic acids is 7. The van der Waals surface area contributed by atoms with Gasteiger partial charge in [0.15, 0.2) is 69.2 Å². The smallest absolute Gasteiger partial charge is 0.217 e. The third-order valence-electron chi connectivity index (χ3n) is 25.7. The van der Waals surface area contributed by atoms with Crippen LogP contribution in [0.1, 0.15) is 55.4 Å². The van der Waals surface area contributed by atoms with Crippen LogP contribution in [-0.2, 0) is 133 Å². The first-order valence-electron chi connectivity index (χ1n) is 45.5. The average molecular weight is 2070 g/mol. The molecular formula is C80H133N7O55. The van der Waals surface area contributed by atoms with Gasteiger partial charge >= 0.3 is 0 Å². The van der Waals surface area contributed by atoms with Crippen LogP contribution in [0.15, 0.2) is 0 Å². The first-order chi connectivity index (χ1) is 67.0. The topological polar surface area (TPSA) is 944 Å². The van der Waals surface area contributed by atoms with Crippen LogP contribution in [0.3, 0.4) is 0 Å². The molecule has 0 radical (unpaired) electrons. The van der Waals surface area contributed by atoms with Crippen LogP contribution < -0.4 is 37.2 Å². The van der Waals surface area contributed by atoms with Crippen molar-refractivity contribution in [2.24, 2.45) is 0 Å². The van der Waals surface area contributed by atoms with Crippen molar-refractivity contribution in [2.45, 2.75) is 393 Å². The average Bonchev–Trinajstić information content (AvgIpc) is 0.749. The highest BCUT2D eigenvalue weighted by atomic mass is 16.8. The van der Waals surface area contributed by atoms with E-state index in [9.17, 15) is 171 Å². The van der Waals surface area contributed by atoms with E-state index in [-0.39, 0.29) is 0 Å². The Morgan fingerprint density at radius 2 is 0.451 bits per heavy atom. The number of ether oxygens (including phenoxy) is 21. The van der Waals surface area contributed by atoms with Crippen LogP contribution in [-0.4, -0.2) is 583 Å². The monoisotopic (exact) mass is 2070 g/mol. The fraction of sp³-hybridized carbons (Fsp3) is 0.912. The number of nitrogens with one attached hydrogen (secondary N) is 7. The van der Waals surface area contributed by atoms with Gasteiger partial charge in [-0.2, -0.15) is 0 Å². The van der Waals surface area contributed by atoms with Gasteiger partial charge in [-0.05, 0) is 6.92 Å². The van der Waals surface area contributed by atoms with E-state index in [2.05, 4.69) is 37.2 Å². The first-order valence-corrected chi connectivity index (χ1v) is 45.5. The SMILES string of the molecule is CC(=O)N[C@H]1[C@H](O[C@H]2[C@H](O)[C@@H](NC(C)=O)C(O)O[C@@H]2CO[C@@H]2O[C@@H](C)[C@@H](O)[C@@H](O)[C@@H]2O)O[C@H](CO)[C@@H](O[C@@H]2O[C@H](CO[C@H]3O[C@H](CO[C@@H]4O[C@H](CO)[C@@H](O)[C@H](O)[C@H]4NC(C)=O)[C@@H](O)[C@H](O)[C@@H]3O[C@@H]3O[C@H](CO)[C@@H](O)[C@H](O)[C@H]3NC(C)=O)[C@@H](O[C@@H]3O[C@H](CO)[C@@H](O)[C@H](O)[C@H]3NC(C)=O)[C@H](O[C@H]3O[C@H](CO)[C@@H](O[C@@H]4O[C@H](CO)[C@@H](O)[C@H](O)[C@H]4NC(C)=O)[C@H](O)[C@@H]3O[C@@H]3O[C@H](CO)[C@@H](O)[C@H](O)[C@H]3NC(C)=O)[C@@H]2O)[C@@H]1O. The van der Waals surface area contributed by atoms with Gasteiger partial charge in [0, 0.05) is 48.5 Å². The third kappa shape index (κ3) is 26.7. The lowest BCUT2D eigenvalue weighted by atomic mass is 9.93. The quantitative estimate of drug-likeness (QED) is 0.0275. The van der Waals surface area contributed by atoms with E-state index in [1.54, 1.807) is 0 Å². The predicted molar refractivity (Wildman–Crippen MR) is 442 cm³/mol. The molecule has 0 bridgehead atoms. The summed E-state index contributed by atoms with van der Waals surface area (Å²) in [6.45, 7) is -4.24. The maximum Gasteiger partial charge on any atom is 0.217 e. The van der Waals surface area contributed by atoms with Crippen LogP contribution in [0, 0.1) is 0 Å². The molecule has 0 aromatic carbocycles. The minimum Gasteiger partial charge on any atom is -0.394 e. The lowest BCUT2D eigenvalue weighted by Gasteiger charge is -2.53. The van der Waals surface area contributed by atoms with E-state index in [0.29, 0.717) is 0 Å². The zero-order chi connectivity index (χ0) is 105. The highest BCUT2D eigenvalue weighted by Gasteiger charge is 2.64. The van der Waals surface area contributed by atoms with Gasteiger partial charge in [0.25, 0.3) is 0 Å². The number of hydrogen-bond donors (Lipinski definition) is 34. The molecule has 0 aromatic heterocycles. The molecule has 11 aliphatic rings. The van der Waals surface area contributed by atoms with Crippen molar-refractivity contribution in [3.8, 4) is 0 Å². The van der Waals surface area contributed by atoms with Crippen molar-refractivity contribution in [2.75, 3.05) is 66.1 Å². The Morgan fingerprint density at radius 1 is 0.197 bits per heavy atom. The molecule has 55 atom stereocenters. The number of aliphatic hydroxyl groups is 27. The zero-order valence-electron chi connectivity index (χ0n) is 77.3. The highest BCUT2D eigenvalue weighted by molar-refractivity contribution is 5.75.